The largest absolute Gasteiger partial charge is 0.295 e. The van der Waals surface area contributed by atoms with E-state index in [4.69, 9.17) is 0 Å². The van der Waals surface area contributed by atoms with Gasteiger partial charge in [-0.05, 0) is 32.0 Å². The lowest BCUT2D eigenvalue weighted by Crippen LogP contribution is -2.31. The van der Waals surface area contributed by atoms with Crippen LogP contribution >= 0.6 is 0 Å². The van der Waals surface area contributed by atoms with Gasteiger partial charge in [-0.2, -0.15) is 4.91 Å². The van der Waals surface area contributed by atoms with Crippen LogP contribution in [0.15, 0.2) is 29.6 Å². The first-order chi connectivity index (χ1) is 8.26. The number of hydrogen-bond donors (Lipinski definition) is 0. The molecule has 0 bridgehead atoms. The van der Waals surface area contributed by atoms with Gasteiger partial charge >= 0.3 is 0 Å². The van der Waals surface area contributed by atoms with Gasteiger partial charge in [-0.1, -0.05) is 24.6 Å². The molecule has 1 unspecified atom stereocenters. The van der Waals surface area contributed by atoms with Gasteiger partial charge in [0.2, 0.25) is 0 Å². The van der Waals surface area contributed by atoms with Crippen molar-refractivity contribution in [1.29, 1.82) is 0 Å². The molecule has 1 aromatic rings. The van der Waals surface area contributed by atoms with Crippen molar-refractivity contribution >= 4 is 0 Å². The molecule has 0 saturated carbocycles. The molecule has 0 saturated heterocycles. The predicted octanol–water partition coefficient (Wildman–Crippen LogP) is 2.84. The summed E-state index contributed by atoms with van der Waals surface area (Å²) in [7, 11) is 0. The molecule has 4 heteroatoms. The van der Waals surface area contributed by atoms with Crippen LogP contribution in [0.3, 0.4) is 0 Å². The molecule has 1 aromatic heterocycles. The van der Waals surface area contributed by atoms with E-state index in [2.05, 4.69) is 22.0 Å². The Morgan fingerprint density at radius 1 is 1.47 bits per heavy atom. The van der Waals surface area contributed by atoms with Crippen LogP contribution in [0, 0.1) is 4.91 Å². The average molecular weight is 235 g/mol. The lowest BCUT2D eigenvalue weighted by atomic mass is 10.2. The number of nitroso groups, excluding NO2 is 1. The van der Waals surface area contributed by atoms with E-state index in [1.807, 2.05) is 25.1 Å². The van der Waals surface area contributed by atoms with Gasteiger partial charge in [0, 0.05) is 19.3 Å². The van der Waals surface area contributed by atoms with Crippen molar-refractivity contribution in [3.05, 3.63) is 35.0 Å². The first-order valence-electron chi connectivity index (χ1n) is 6.21. The molecule has 0 aromatic carbocycles. The standard InChI is InChI=1S/C13H21N3O/c1-3-4-9-16(10-12(2)15-17)11-13-7-5-6-8-14-13/h5-8,12H,3-4,9-11H2,1-2H3. The summed E-state index contributed by atoms with van der Waals surface area (Å²) in [6, 6.07) is 5.75. The van der Waals surface area contributed by atoms with Crippen LogP contribution in [-0.4, -0.2) is 29.0 Å². The van der Waals surface area contributed by atoms with Crippen molar-refractivity contribution in [2.75, 3.05) is 13.1 Å². The monoisotopic (exact) mass is 235 g/mol. The van der Waals surface area contributed by atoms with Crippen molar-refractivity contribution in [3.8, 4) is 0 Å². The SMILES string of the molecule is CCCCN(Cc1ccccn1)CC(C)N=O. The van der Waals surface area contributed by atoms with E-state index in [1.54, 1.807) is 6.20 Å². The van der Waals surface area contributed by atoms with E-state index in [9.17, 15) is 4.91 Å². The summed E-state index contributed by atoms with van der Waals surface area (Å²) in [6.07, 6.45) is 4.09. The molecule has 1 heterocycles. The van der Waals surface area contributed by atoms with E-state index < -0.39 is 0 Å². The van der Waals surface area contributed by atoms with Gasteiger partial charge in [-0.15, -0.1) is 0 Å². The predicted molar refractivity (Wildman–Crippen MR) is 69.7 cm³/mol. The Bertz CT molecular complexity index is 316. The van der Waals surface area contributed by atoms with Gasteiger partial charge in [0.05, 0.1) is 5.69 Å². The van der Waals surface area contributed by atoms with Gasteiger partial charge in [-0.3, -0.25) is 9.88 Å². The highest BCUT2D eigenvalue weighted by molar-refractivity contribution is 5.03. The zero-order valence-corrected chi connectivity index (χ0v) is 10.7. The summed E-state index contributed by atoms with van der Waals surface area (Å²) >= 11 is 0. The minimum absolute atomic E-state index is 0.157. The van der Waals surface area contributed by atoms with Crippen LogP contribution in [0.5, 0.6) is 0 Å². The second-order valence-electron chi connectivity index (χ2n) is 4.36. The molecule has 0 aliphatic heterocycles. The molecule has 4 nitrogen and oxygen atoms in total. The molecular weight excluding hydrogens is 214 g/mol. The van der Waals surface area contributed by atoms with E-state index >= 15 is 0 Å². The average Bonchev–Trinajstić information content (AvgIpc) is 2.37. The van der Waals surface area contributed by atoms with Crippen LogP contribution in [0.25, 0.3) is 0 Å². The van der Waals surface area contributed by atoms with Crippen LogP contribution in [0.2, 0.25) is 0 Å². The minimum atomic E-state index is -0.157. The Hall–Kier alpha value is -1.29. The maximum absolute atomic E-state index is 10.5. The van der Waals surface area contributed by atoms with Gasteiger partial charge < -0.3 is 0 Å². The Kier molecular flexibility index (Phi) is 6.40. The Labute approximate surface area is 103 Å². The van der Waals surface area contributed by atoms with Gasteiger partial charge in [-0.25, -0.2) is 0 Å². The summed E-state index contributed by atoms with van der Waals surface area (Å²) in [4.78, 5) is 17.0. The number of aromatic nitrogens is 1. The molecule has 0 fully saturated rings. The molecule has 0 radical (unpaired) electrons. The fraction of sp³-hybridized carbons (Fsp3) is 0.615. The molecular formula is C13H21N3O. The van der Waals surface area contributed by atoms with E-state index in [0.717, 1.165) is 31.6 Å². The van der Waals surface area contributed by atoms with Crippen LogP contribution in [0.1, 0.15) is 32.4 Å². The van der Waals surface area contributed by atoms with Gasteiger partial charge in [0.15, 0.2) is 0 Å². The molecule has 0 aliphatic carbocycles. The zero-order valence-electron chi connectivity index (χ0n) is 10.7. The Balaban J connectivity index is 2.53. The van der Waals surface area contributed by atoms with Gasteiger partial charge in [0.1, 0.15) is 6.04 Å². The van der Waals surface area contributed by atoms with E-state index in [1.165, 1.54) is 0 Å². The number of hydrogen-bond acceptors (Lipinski definition) is 4. The van der Waals surface area contributed by atoms with E-state index in [0.29, 0.717) is 6.54 Å². The fourth-order valence-corrected chi connectivity index (χ4v) is 1.74. The molecule has 17 heavy (non-hydrogen) atoms. The fourth-order valence-electron chi connectivity index (χ4n) is 1.74. The van der Waals surface area contributed by atoms with Gasteiger partial charge in [0.25, 0.3) is 0 Å². The maximum atomic E-state index is 10.5. The third kappa shape index (κ3) is 5.54. The first kappa shape index (κ1) is 13.8. The lowest BCUT2D eigenvalue weighted by Gasteiger charge is -2.22. The third-order valence-corrected chi connectivity index (χ3v) is 2.64. The van der Waals surface area contributed by atoms with Crippen molar-refractivity contribution in [3.63, 3.8) is 0 Å². The summed E-state index contributed by atoms with van der Waals surface area (Å²) < 4.78 is 0. The first-order valence-corrected chi connectivity index (χ1v) is 6.21. The Morgan fingerprint density at radius 2 is 2.29 bits per heavy atom. The number of rotatable bonds is 8. The molecule has 0 N–H and O–H groups in total. The number of unbranched alkanes of at least 4 members (excludes halogenated alkanes) is 1. The third-order valence-electron chi connectivity index (χ3n) is 2.64. The van der Waals surface area contributed by atoms with Crippen molar-refractivity contribution in [2.45, 2.75) is 39.3 Å². The van der Waals surface area contributed by atoms with Crippen LogP contribution in [-0.2, 0) is 6.54 Å². The molecule has 0 aliphatic rings. The quantitative estimate of drug-likeness (QED) is 0.651. The second-order valence-corrected chi connectivity index (χ2v) is 4.36. The molecule has 1 atom stereocenters. The molecule has 1 rings (SSSR count). The molecule has 0 amide bonds. The highest BCUT2D eigenvalue weighted by Gasteiger charge is 2.11. The zero-order chi connectivity index (χ0) is 12.5. The van der Waals surface area contributed by atoms with Crippen molar-refractivity contribution < 1.29 is 0 Å². The molecule has 0 spiro atoms. The summed E-state index contributed by atoms with van der Waals surface area (Å²) in [5, 5.41) is 3.07. The highest BCUT2D eigenvalue weighted by Crippen LogP contribution is 2.05. The lowest BCUT2D eigenvalue weighted by molar-refractivity contribution is 0.246. The summed E-state index contributed by atoms with van der Waals surface area (Å²) in [5.41, 5.74) is 1.04. The van der Waals surface area contributed by atoms with Crippen LogP contribution < -0.4 is 0 Å². The smallest absolute Gasteiger partial charge is 0.102 e. The maximum Gasteiger partial charge on any atom is 0.102 e. The normalized spacial score (nSPS) is 12.6. The second kappa shape index (κ2) is 7.90. The Morgan fingerprint density at radius 3 is 2.88 bits per heavy atom. The van der Waals surface area contributed by atoms with E-state index in [-0.39, 0.29) is 6.04 Å². The summed E-state index contributed by atoms with van der Waals surface area (Å²) in [6.45, 7) is 6.51. The minimum Gasteiger partial charge on any atom is -0.295 e. The highest BCUT2D eigenvalue weighted by atomic mass is 16.3. The summed E-state index contributed by atoms with van der Waals surface area (Å²) in [5.74, 6) is 0. The number of nitrogens with zero attached hydrogens (tertiary/aromatic N) is 3. The topological polar surface area (TPSA) is 45.6 Å². The molecule has 94 valence electrons. The van der Waals surface area contributed by atoms with Crippen molar-refractivity contribution in [2.24, 2.45) is 5.18 Å². The van der Waals surface area contributed by atoms with Crippen LogP contribution in [0.4, 0.5) is 0 Å². The number of pyridine rings is 1. The van der Waals surface area contributed by atoms with Crippen molar-refractivity contribution in [1.82, 2.24) is 9.88 Å².